The van der Waals surface area contributed by atoms with Crippen molar-refractivity contribution in [1.82, 2.24) is 0 Å². The first kappa shape index (κ1) is 9.92. The molecule has 0 bridgehead atoms. The van der Waals surface area contributed by atoms with Crippen molar-refractivity contribution < 1.29 is 4.74 Å². The number of ether oxygens (including phenoxy) is 1. The lowest BCUT2D eigenvalue weighted by Gasteiger charge is -2.06. The smallest absolute Gasteiger partial charge is 0.0462 e. The van der Waals surface area contributed by atoms with E-state index in [9.17, 15) is 0 Å². The Kier molecular flexibility index (Phi) is 6.98. The highest BCUT2D eigenvalue weighted by Gasteiger charge is 1.96. The maximum absolute atomic E-state index is 5.71. The van der Waals surface area contributed by atoms with E-state index >= 15 is 0 Å². The van der Waals surface area contributed by atoms with Gasteiger partial charge in [0.2, 0.25) is 0 Å². The van der Waals surface area contributed by atoms with E-state index < -0.39 is 0 Å². The van der Waals surface area contributed by atoms with Gasteiger partial charge in [-0.25, -0.2) is 0 Å². The number of rotatable bonds is 6. The zero-order valence-corrected chi connectivity index (χ0v) is 7.10. The zero-order chi connectivity index (χ0) is 7.82. The standard InChI is InChI=1S/C8H19NO/c1-3-8(9)6-4-5-7-10-2/h8H,3-7,9H2,1-2H3. The van der Waals surface area contributed by atoms with E-state index in [2.05, 4.69) is 6.92 Å². The second-order valence-corrected chi connectivity index (χ2v) is 2.66. The van der Waals surface area contributed by atoms with Crippen LogP contribution in [0.4, 0.5) is 0 Å². The van der Waals surface area contributed by atoms with Crippen molar-refractivity contribution in [2.24, 2.45) is 5.73 Å². The molecule has 0 aliphatic rings. The third-order valence-corrected chi connectivity index (χ3v) is 1.70. The maximum Gasteiger partial charge on any atom is 0.0462 e. The summed E-state index contributed by atoms with van der Waals surface area (Å²) in [5, 5.41) is 0. The highest BCUT2D eigenvalue weighted by Crippen LogP contribution is 2.01. The molecule has 0 aromatic carbocycles. The average Bonchev–Trinajstić information content (AvgIpc) is 1.98. The molecule has 1 atom stereocenters. The summed E-state index contributed by atoms with van der Waals surface area (Å²) in [5.41, 5.74) is 5.71. The second kappa shape index (κ2) is 7.03. The minimum atomic E-state index is 0.400. The molecule has 0 rings (SSSR count). The van der Waals surface area contributed by atoms with Gasteiger partial charge < -0.3 is 10.5 Å². The maximum atomic E-state index is 5.71. The lowest BCUT2D eigenvalue weighted by atomic mass is 10.1. The molecule has 2 nitrogen and oxygen atoms in total. The minimum absolute atomic E-state index is 0.400. The summed E-state index contributed by atoms with van der Waals surface area (Å²) in [7, 11) is 1.74. The van der Waals surface area contributed by atoms with Crippen LogP contribution in [0.5, 0.6) is 0 Å². The fourth-order valence-electron chi connectivity index (χ4n) is 0.857. The fourth-order valence-corrected chi connectivity index (χ4v) is 0.857. The summed E-state index contributed by atoms with van der Waals surface area (Å²) in [5.74, 6) is 0. The number of methoxy groups -OCH3 is 1. The number of hydrogen-bond acceptors (Lipinski definition) is 2. The predicted molar refractivity (Wildman–Crippen MR) is 44.0 cm³/mol. The molecule has 0 radical (unpaired) electrons. The van der Waals surface area contributed by atoms with Crippen LogP contribution in [-0.2, 0) is 4.74 Å². The Bertz CT molecular complexity index is 66.3. The van der Waals surface area contributed by atoms with E-state index in [0.29, 0.717) is 6.04 Å². The predicted octanol–water partition coefficient (Wildman–Crippen LogP) is 1.54. The van der Waals surface area contributed by atoms with E-state index in [0.717, 1.165) is 25.9 Å². The third-order valence-electron chi connectivity index (χ3n) is 1.70. The molecule has 0 saturated carbocycles. The minimum Gasteiger partial charge on any atom is -0.385 e. The van der Waals surface area contributed by atoms with E-state index in [4.69, 9.17) is 10.5 Å². The van der Waals surface area contributed by atoms with E-state index in [1.165, 1.54) is 6.42 Å². The summed E-state index contributed by atoms with van der Waals surface area (Å²) in [4.78, 5) is 0. The molecule has 0 amide bonds. The lowest BCUT2D eigenvalue weighted by molar-refractivity contribution is 0.191. The van der Waals surface area contributed by atoms with Crippen molar-refractivity contribution in [2.75, 3.05) is 13.7 Å². The summed E-state index contributed by atoms with van der Waals surface area (Å²) < 4.78 is 4.92. The van der Waals surface area contributed by atoms with Gasteiger partial charge in [-0.05, 0) is 25.7 Å². The molecule has 2 N–H and O–H groups in total. The van der Waals surface area contributed by atoms with Crippen LogP contribution < -0.4 is 5.73 Å². The largest absolute Gasteiger partial charge is 0.385 e. The van der Waals surface area contributed by atoms with Crippen LogP contribution in [0, 0.1) is 0 Å². The van der Waals surface area contributed by atoms with Gasteiger partial charge in [0.25, 0.3) is 0 Å². The Morgan fingerprint density at radius 1 is 1.40 bits per heavy atom. The van der Waals surface area contributed by atoms with Gasteiger partial charge in [-0.15, -0.1) is 0 Å². The Labute approximate surface area is 63.7 Å². The first-order valence-electron chi connectivity index (χ1n) is 4.05. The summed E-state index contributed by atoms with van der Waals surface area (Å²) in [6, 6.07) is 0.400. The first-order chi connectivity index (χ1) is 4.81. The van der Waals surface area contributed by atoms with Gasteiger partial charge in [-0.2, -0.15) is 0 Å². The summed E-state index contributed by atoms with van der Waals surface area (Å²) in [6.45, 7) is 3.00. The molecule has 0 fully saturated rings. The van der Waals surface area contributed by atoms with Crippen LogP contribution in [0.3, 0.4) is 0 Å². The molecule has 10 heavy (non-hydrogen) atoms. The van der Waals surface area contributed by atoms with Gasteiger partial charge in [-0.3, -0.25) is 0 Å². The summed E-state index contributed by atoms with van der Waals surface area (Å²) in [6.07, 6.45) is 4.57. The van der Waals surface area contributed by atoms with Crippen molar-refractivity contribution in [1.29, 1.82) is 0 Å². The quantitative estimate of drug-likeness (QED) is 0.575. The molecule has 62 valence electrons. The average molecular weight is 145 g/mol. The SMILES string of the molecule is CCC(N)CCCCOC. The molecule has 0 aliphatic carbocycles. The number of hydrogen-bond donors (Lipinski definition) is 1. The monoisotopic (exact) mass is 145 g/mol. The van der Waals surface area contributed by atoms with Gasteiger partial charge in [-0.1, -0.05) is 6.92 Å². The zero-order valence-electron chi connectivity index (χ0n) is 7.10. The van der Waals surface area contributed by atoms with Crippen LogP contribution in [0.15, 0.2) is 0 Å². The highest BCUT2D eigenvalue weighted by molar-refractivity contribution is 4.57. The summed E-state index contributed by atoms with van der Waals surface area (Å²) >= 11 is 0. The molecule has 1 unspecified atom stereocenters. The number of unbranched alkanes of at least 4 members (excludes halogenated alkanes) is 1. The molecule has 0 aliphatic heterocycles. The van der Waals surface area contributed by atoms with E-state index in [1.54, 1.807) is 7.11 Å². The van der Waals surface area contributed by atoms with Crippen molar-refractivity contribution in [3.63, 3.8) is 0 Å². The topological polar surface area (TPSA) is 35.2 Å². The van der Waals surface area contributed by atoms with Gasteiger partial charge in [0, 0.05) is 19.8 Å². The van der Waals surface area contributed by atoms with Crippen molar-refractivity contribution in [3.05, 3.63) is 0 Å². The van der Waals surface area contributed by atoms with Crippen LogP contribution in [0.1, 0.15) is 32.6 Å². The first-order valence-corrected chi connectivity index (χ1v) is 4.05. The molecule has 0 spiro atoms. The van der Waals surface area contributed by atoms with Crippen molar-refractivity contribution in [3.8, 4) is 0 Å². The van der Waals surface area contributed by atoms with Crippen LogP contribution in [0.2, 0.25) is 0 Å². The van der Waals surface area contributed by atoms with Crippen LogP contribution >= 0.6 is 0 Å². The molecular formula is C8H19NO. The van der Waals surface area contributed by atoms with Gasteiger partial charge >= 0.3 is 0 Å². The Hall–Kier alpha value is -0.0800. The van der Waals surface area contributed by atoms with Crippen LogP contribution in [0.25, 0.3) is 0 Å². The Morgan fingerprint density at radius 3 is 2.60 bits per heavy atom. The van der Waals surface area contributed by atoms with Crippen molar-refractivity contribution >= 4 is 0 Å². The normalized spacial score (nSPS) is 13.5. The van der Waals surface area contributed by atoms with E-state index in [-0.39, 0.29) is 0 Å². The van der Waals surface area contributed by atoms with E-state index in [1.807, 2.05) is 0 Å². The lowest BCUT2D eigenvalue weighted by Crippen LogP contribution is -2.18. The molecule has 0 aromatic heterocycles. The molecule has 0 heterocycles. The molecule has 0 aromatic rings. The second-order valence-electron chi connectivity index (χ2n) is 2.66. The highest BCUT2D eigenvalue weighted by atomic mass is 16.5. The van der Waals surface area contributed by atoms with Crippen molar-refractivity contribution in [2.45, 2.75) is 38.6 Å². The Balaban J connectivity index is 2.89. The van der Waals surface area contributed by atoms with Gasteiger partial charge in [0.1, 0.15) is 0 Å². The molecule has 2 heteroatoms. The van der Waals surface area contributed by atoms with Gasteiger partial charge in [0.05, 0.1) is 0 Å². The third kappa shape index (κ3) is 6.05. The van der Waals surface area contributed by atoms with Crippen LogP contribution in [-0.4, -0.2) is 19.8 Å². The Morgan fingerprint density at radius 2 is 2.10 bits per heavy atom. The molecular weight excluding hydrogens is 126 g/mol. The molecule has 0 saturated heterocycles. The van der Waals surface area contributed by atoms with Gasteiger partial charge in [0.15, 0.2) is 0 Å². The fraction of sp³-hybridized carbons (Fsp3) is 1.00. The number of nitrogens with two attached hydrogens (primary N) is 1.